The molecule has 6 heteroatoms. The number of benzene rings is 1. The van der Waals surface area contributed by atoms with Crippen molar-refractivity contribution in [2.45, 2.75) is 31.5 Å². The molecule has 0 heterocycles. The van der Waals surface area contributed by atoms with Crippen LogP contribution in [0.3, 0.4) is 0 Å². The van der Waals surface area contributed by atoms with Gasteiger partial charge in [-0.1, -0.05) is 18.2 Å². The molecule has 1 aromatic carbocycles. The molecule has 0 aliphatic heterocycles. The molecule has 1 unspecified atom stereocenters. The summed E-state index contributed by atoms with van der Waals surface area (Å²) in [5.74, 6) is 0. The fraction of sp³-hybridized carbons (Fsp3) is 0.600. The van der Waals surface area contributed by atoms with Gasteiger partial charge < -0.3 is 15.2 Å². The molecule has 120 valence electrons. The Morgan fingerprint density at radius 1 is 1.24 bits per heavy atom. The molecular weight excluding hydrogens is 283 g/mol. The van der Waals surface area contributed by atoms with E-state index in [2.05, 4.69) is 5.32 Å². The van der Waals surface area contributed by atoms with Gasteiger partial charge in [0, 0.05) is 20.1 Å². The van der Waals surface area contributed by atoms with E-state index in [0.717, 1.165) is 12.1 Å². The summed E-state index contributed by atoms with van der Waals surface area (Å²) in [4.78, 5) is 0. The monoisotopic (exact) mass is 305 g/mol. The van der Waals surface area contributed by atoms with E-state index >= 15 is 0 Å². The highest BCUT2D eigenvalue weighted by Gasteiger charge is 2.31. The van der Waals surface area contributed by atoms with Gasteiger partial charge in [0.05, 0.1) is 17.8 Å². The summed E-state index contributed by atoms with van der Waals surface area (Å²) in [5, 5.41) is 13.4. The third-order valence-corrected chi connectivity index (χ3v) is 3.16. The van der Waals surface area contributed by atoms with Crippen LogP contribution in [-0.2, 0) is 17.3 Å². The summed E-state index contributed by atoms with van der Waals surface area (Å²) in [6.45, 7) is 3.46. The zero-order chi connectivity index (χ0) is 15.9. The van der Waals surface area contributed by atoms with Gasteiger partial charge in [-0.3, -0.25) is 0 Å². The van der Waals surface area contributed by atoms with Crippen LogP contribution in [0, 0.1) is 0 Å². The molecule has 3 nitrogen and oxygen atoms in total. The van der Waals surface area contributed by atoms with Gasteiger partial charge in [-0.05, 0) is 31.5 Å². The average molecular weight is 305 g/mol. The predicted molar refractivity (Wildman–Crippen MR) is 75.1 cm³/mol. The summed E-state index contributed by atoms with van der Waals surface area (Å²) in [6.07, 6.45) is -3.72. The zero-order valence-corrected chi connectivity index (χ0v) is 12.3. The van der Waals surface area contributed by atoms with E-state index < -0.39 is 17.3 Å². The van der Waals surface area contributed by atoms with Gasteiger partial charge >= 0.3 is 6.18 Å². The van der Waals surface area contributed by atoms with Crippen LogP contribution < -0.4 is 5.32 Å². The maximum Gasteiger partial charge on any atom is 0.416 e. The van der Waals surface area contributed by atoms with Crippen molar-refractivity contribution in [3.05, 3.63) is 35.4 Å². The summed E-state index contributed by atoms with van der Waals surface area (Å²) in [5.41, 5.74) is -1.26. The lowest BCUT2D eigenvalue weighted by atomic mass is 9.92. The molecule has 1 atom stereocenters. The molecular formula is C15H22F3NO2. The molecule has 0 aromatic heterocycles. The Labute approximate surface area is 123 Å². The number of halogens is 3. The van der Waals surface area contributed by atoms with Crippen LogP contribution in [0.15, 0.2) is 24.3 Å². The molecule has 21 heavy (non-hydrogen) atoms. The van der Waals surface area contributed by atoms with Gasteiger partial charge in [0.1, 0.15) is 0 Å². The second-order valence-corrected chi connectivity index (χ2v) is 5.36. The van der Waals surface area contributed by atoms with Crippen LogP contribution in [0.2, 0.25) is 0 Å². The predicted octanol–water partition coefficient (Wildman–Crippen LogP) is 2.63. The van der Waals surface area contributed by atoms with Crippen molar-refractivity contribution in [2.75, 3.05) is 26.8 Å². The Balaban J connectivity index is 2.54. The van der Waals surface area contributed by atoms with Crippen LogP contribution in [0.5, 0.6) is 0 Å². The van der Waals surface area contributed by atoms with E-state index in [1.54, 1.807) is 20.1 Å². The van der Waals surface area contributed by atoms with Crippen molar-refractivity contribution in [1.29, 1.82) is 0 Å². The first-order valence-electron chi connectivity index (χ1n) is 6.83. The first-order chi connectivity index (χ1) is 9.74. The van der Waals surface area contributed by atoms with E-state index in [-0.39, 0.29) is 6.42 Å². The standard InChI is InChI=1S/C15H22F3NO2/c1-14(20,6-7-19-8-9-21-2)11-12-4-3-5-13(10-12)15(16,17)18/h3-5,10,19-20H,6-9,11H2,1-2H3. The molecule has 0 aliphatic carbocycles. The van der Waals surface area contributed by atoms with Crippen molar-refractivity contribution in [1.82, 2.24) is 5.32 Å². The van der Waals surface area contributed by atoms with Gasteiger partial charge in [0.25, 0.3) is 0 Å². The van der Waals surface area contributed by atoms with Crippen molar-refractivity contribution >= 4 is 0 Å². The van der Waals surface area contributed by atoms with Gasteiger partial charge in [-0.15, -0.1) is 0 Å². The van der Waals surface area contributed by atoms with E-state index in [1.807, 2.05) is 0 Å². The number of rotatable bonds is 8. The number of hydrogen-bond donors (Lipinski definition) is 2. The second kappa shape index (κ2) is 7.77. The van der Waals surface area contributed by atoms with Crippen LogP contribution in [0.4, 0.5) is 13.2 Å². The maximum atomic E-state index is 12.6. The number of methoxy groups -OCH3 is 1. The Hall–Kier alpha value is -1.11. The van der Waals surface area contributed by atoms with Gasteiger partial charge in [-0.2, -0.15) is 13.2 Å². The fourth-order valence-corrected chi connectivity index (χ4v) is 2.04. The molecule has 0 aliphatic rings. The molecule has 0 saturated carbocycles. The van der Waals surface area contributed by atoms with Gasteiger partial charge in [0.15, 0.2) is 0 Å². The molecule has 0 saturated heterocycles. The molecule has 0 amide bonds. The highest BCUT2D eigenvalue weighted by atomic mass is 19.4. The van der Waals surface area contributed by atoms with Crippen LogP contribution in [-0.4, -0.2) is 37.5 Å². The van der Waals surface area contributed by atoms with Crippen molar-refractivity contribution in [2.24, 2.45) is 0 Å². The second-order valence-electron chi connectivity index (χ2n) is 5.36. The first kappa shape index (κ1) is 17.9. The minimum atomic E-state index is -4.36. The van der Waals surface area contributed by atoms with Crippen LogP contribution in [0.25, 0.3) is 0 Å². The highest BCUT2D eigenvalue weighted by Crippen LogP contribution is 2.30. The molecule has 1 aromatic rings. The van der Waals surface area contributed by atoms with Gasteiger partial charge in [-0.25, -0.2) is 0 Å². The smallest absolute Gasteiger partial charge is 0.390 e. The van der Waals surface area contributed by atoms with Gasteiger partial charge in [0.2, 0.25) is 0 Å². The fourth-order valence-electron chi connectivity index (χ4n) is 2.04. The quantitative estimate of drug-likeness (QED) is 0.726. The number of alkyl halides is 3. The van der Waals surface area contributed by atoms with Crippen LogP contribution >= 0.6 is 0 Å². The average Bonchev–Trinajstić information content (AvgIpc) is 2.37. The lowest BCUT2D eigenvalue weighted by molar-refractivity contribution is -0.137. The lowest BCUT2D eigenvalue weighted by Gasteiger charge is -2.24. The Morgan fingerprint density at radius 3 is 2.57 bits per heavy atom. The Kier molecular flexibility index (Phi) is 6.64. The van der Waals surface area contributed by atoms with E-state index in [1.165, 1.54) is 6.07 Å². The molecule has 0 spiro atoms. The molecule has 2 N–H and O–H groups in total. The first-order valence-corrected chi connectivity index (χ1v) is 6.83. The molecule has 0 bridgehead atoms. The zero-order valence-electron chi connectivity index (χ0n) is 12.3. The molecule has 0 fully saturated rings. The lowest BCUT2D eigenvalue weighted by Crippen LogP contribution is -2.33. The Morgan fingerprint density at radius 2 is 1.95 bits per heavy atom. The number of nitrogens with one attached hydrogen (secondary N) is 1. The molecule has 1 rings (SSSR count). The van der Waals surface area contributed by atoms with Crippen LogP contribution in [0.1, 0.15) is 24.5 Å². The topological polar surface area (TPSA) is 41.5 Å². The molecule has 0 radical (unpaired) electrons. The van der Waals surface area contributed by atoms with E-state index in [9.17, 15) is 18.3 Å². The van der Waals surface area contributed by atoms with Crippen molar-refractivity contribution < 1.29 is 23.0 Å². The minimum Gasteiger partial charge on any atom is -0.390 e. The number of hydrogen-bond acceptors (Lipinski definition) is 3. The number of aliphatic hydroxyl groups is 1. The third kappa shape index (κ3) is 6.93. The Bertz CT molecular complexity index is 433. The van der Waals surface area contributed by atoms with Crippen molar-refractivity contribution in [3.8, 4) is 0 Å². The maximum absolute atomic E-state index is 12.6. The summed E-state index contributed by atoms with van der Waals surface area (Å²) >= 11 is 0. The minimum absolute atomic E-state index is 0.183. The largest absolute Gasteiger partial charge is 0.416 e. The summed E-state index contributed by atoms with van der Waals surface area (Å²) < 4.78 is 42.8. The summed E-state index contributed by atoms with van der Waals surface area (Å²) in [6, 6.07) is 5.09. The van der Waals surface area contributed by atoms with E-state index in [0.29, 0.717) is 31.7 Å². The number of ether oxygens (including phenoxy) is 1. The third-order valence-electron chi connectivity index (χ3n) is 3.16. The van der Waals surface area contributed by atoms with E-state index in [4.69, 9.17) is 4.74 Å². The SMILES string of the molecule is COCCNCCC(C)(O)Cc1cccc(C(F)(F)F)c1. The highest BCUT2D eigenvalue weighted by molar-refractivity contribution is 5.26. The normalized spacial score (nSPS) is 15.0. The van der Waals surface area contributed by atoms with Crippen molar-refractivity contribution in [3.63, 3.8) is 0 Å². The summed E-state index contributed by atoms with van der Waals surface area (Å²) in [7, 11) is 1.60.